The minimum absolute atomic E-state index is 0. The quantitative estimate of drug-likeness (QED) is 0.334. The first kappa shape index (κ1) is 19.8. The first-order valence-corrected chi connectivity index (χ1v) is 8.23. The van der Waals surface area contributed by atoms with Crippen molar-refractivity contribution >= 4 is 29.9 Å². The van der Waals surface area contributed by atoms with E-state index in [4.69, 9.17) is 0 Å². The Balaban J connectivity index is 0.00000243. The number of halogens is 1. The molecule has 7 nitrogen and oxygen atoms in total. The minimum atomic E-state index is 0. The molecule has 0 aliphatic carbocycles. The Morgan fingerprint density at radius 1 is 1.08 bits per heavy atom. The zero-order chi connectivity index (χ0) is 17.3. The number of rotatable bonds is 6. The van der Waals surface area contributed by atoms with Crippen molar-refractivity contribution in [3.63, 3.8) is 0 Å². The fourth-order valence-corrected chi connectivity index (χ4v) is 2.34. The molecule has 0 saturated carbocycles. The van der Waals surface area contributed by atoms with Gasteiger partial charge >= 0.3 is 0 Å². The highest BCUT2D eigenvalue weighted by atomic mass is 127. The number of nitrogens with one attached hydrogen (secondary N) is 2. The van der Waals surface area contributed by atoms with E-state index in [0.717, 1.165) is 29.7 Å². The first-order chi connectivity index (χ1) is 12.4. The van der Waals surface area contributed by atoms with Crippen molar-refractivity contribution in [1.29, 1.82) is 0 Å². The van der Waals surface area contributed by atoms with Crippen molar-refractivity contribution in [2.45, 2.75) is 20.0 Å². The van der Waals surface area contributed by atoms with Gasteiger partial charge in [-0.05, 0) is 31.2 Å². The molecule has 8 heteroatoms. The van der Waals surface area contributed by atoms with Gasteiger partial charge < -0.3 is 10.6 Å². The molecule has 3 rings (SSSR count). The topological polar surface area (TPSA) is 80.0 Å². The molecule has 26 heavy (non-hydrogen) atoms. The fourth-order valence-electron chi connectivity index (χ4n) is 2.34. The van der Waals surface area contributed by atoms with Gasteiger partial charge in [-0.25, -0.2) is 4.99 Å². The summed E-state index contributed by atoms with van der Waals surface area (Å²) >= 11 is 0. The third-order valence-corrected chi connectivity index (χ3v) is 3.54. The predicted molar refractivity (Wildman–Crippen MR) is 113 cm³/mol. The molecule has 0 spiro atoms. The number of para-hydroxylation sites is 1. The molecule has 2 N–H and O–H groups in total. The van der Waals surface area contributed by atoms with E-state index in [9.17, 15) is 0 Å². The van der Waals surface area contributed by atoms with Gasteiger partial charge in [0, 0.05) is 18.4 Å². The van der Waals surface area contributed by atoms with Crippen molar-refractivity contribution < 1.29 is 0 Å². The van der Waals surface area contributed by atoms with Crippen LogP contribution in [0.2, 0.25) is 0 Å². The van der Waals surface area contributed by atoms with Crippen molar-refractivity contribution in [2.75, 3.05) is 6.54 Å². The zero-order valence-electron chi connectivity index (χ0n) is 14.5. The van der Waals surface area contributed by atoms with E-state index in [1.54, 1.807) is 12.5 Å². The fraction of sp³-hybridized carbons (Fsp3) is 0.222. The van der Waals surface area contributed by atoms with Crippen LogP contribution in [0.25, 0.3) is 5.69 Å². The van der Waals surface area contributed by atoms with Crippen LogP contribution in [0.15, 0.2) is 66.0 Å². The average molecular weight is 463 g/mol. The Kier molecular flexibility index (Phi) is 8.00. The van der Waals surface area contributed by atoms with E-state index in [1.165, 1.54) is 0 Å². The largest absolute Gasteiger partial charge is 0.357 e. The van der Waals surface area contributed by atoms with E-state index in [2.05, 4.69) is 30.8 Å². The molecule has 0 bridgehead atoms. The van der Waals surface area contributed by atoms with Gasteiger partial charge in [0.1, 0.15) is 6.33 Å². The number of pyridine rings is 1. The van der Waals surface area contributed by atoms with Gasteiger partial charge in [-0.2, -0.15) is 0 Å². The molecule has 0 radical (unpaired) electrons. The van der Waals surface area contributed by atoms with E-state index >= 15 is 0 Å². The highest BCUT2D eigenvalue weighted by molar-refractivity contribution is 14.0. The molecule has 3 aromatic rings. The number of benzene rings is 1. The maximum atomic E-state index is 4.56. The van der Waals surface area contributed by atoms with Crippen molar-refractivity contribution in [3.05, 3.63) is 72.6 Å². The predicted octanol–water partition coefficient (Wildman–Crippen LogP) is 2.54. The SMILES string of the molecule is CCNC(=NCc1ccccn1)NCc1nncn1-c1ccccc1.I. The lowest BCUT2D eigenvalue weighted by Crippen LogP contribution is -2.37. The number of aromatic nitrogens is 4. The molecular weight excluding hydrogens is 441 g/mol. The minimum Gasteiger partial charge on any atom is -0.357 e. The molecule has 0 saturated heterocycles. The van der Waals surface area contributed by atoms with Crippen molar-refractivity contribution in [2.24, 2.45) is 4.99 Å². The second-order valence-electron chi connectivity index (χ2n) is 5.32. The third-order valence-electron chi connectivity index (χ3n) is 3.54. The summed E-state index contributed by atoms with van der Waals surface area (Å²) in [5.41, 5.74) is 1.95. The van der Waals surface area contributed by atoms with Crippen LogP contribution in [0.3, 0.4) is 0 Å². The standard InChI is InChI=1S/C18H21N7.HI/c1-2-19-18(21-12-15-8-6-7-11-20-15)22-13-17-24-23-14-25(17)16-9-4-3-5-10-16;/h3-11,14H,2,12-13H2,1H3,(H2,19,21,22);1H. The van der Waals surface area contributed by atoms with Crippen LogP contribution in [0.4, 0.5) is 0 Å². The second-order valence-corrected chi connectivity index (χ2v) is 5.32. The van der Waals surface area contributed by atoms with Crippen LogP contribution in [0.5, 0.6) is 0 Å². The number of hydrogen-bond donors (Lipinski definition) is 2. The average Bonchev–Trinajstić information content (AvgIpc) is 3.14. The Morgan fingerprint density at radius 3 is 2.62 bits per heavy atom. The number of guanidine groups is 1. The maximum absolute atomic E-state index is 4.56. The number of hydrogen-bond acceptors (Lipinski definition) is 4. The smallest absolute Gasteiger partial charge is 0.192 e. The van der Waals surface area contributed by atoms with Gasteiger partial charge in [0.05, 0.1) is 18.8 Å². The van der Waals surface area contributed by atoms with Crippen LogP contribution >= 0.6 is 24.0 Å². The molecule has 0 fully saturated rings. The van der Waals surface area contributed by atoms with Crippen molar-refractivity contribution in [1.82, 2.24) is 30.4 Å². The highest BCUT2D eigenvalue weighted by Crippen LogP contribution is 2.08. The molecule has 1 aromatic carbocycles. The van der Waals surface area contributed by atoms with E-state index in [0.29, 0.717) is 13.1 Å². The Labute approximate surface area is 170 Å². The molecule has 0 amide bonds. The zero-order valence-corrected chi connectivity index (χ0v) is 16.9. The normalized spacial score (nSPS) is 10.9. The van der Waals surface area contributed by atoms with Gasteiger partial charge in [-0.1, -0.05) is 24.3 Å². The molecule has 2 heterocycles. The second kappa shape index (κ2) is 10.5. The van der Waals surface area contributed by atoms with Gasteiger partial charge in [-0.15, -0.1) is 34.2 Å². The lowest BCUT2D eigenvalue weighted by molar-refractivity contribution is 0.754. The monoisotopic (exact) mass is 463 g/mol. The van der Waals surface area contributed by atoms with E-state index in [1.807, 2.05) is 60.0 Å². The first-order valence-electron chi connectivity index (χ1n) is 8.23. The molecule has 136 valence electrons. The Morgan fingerprint density at radius 2 is 1.88 bits per heavy atom. The molecule has 2 aromatic heterocycles. The van der Waals surface area contributed by atoms with Gasteiger partial charge in [0.15, 0.2) is 11.8 Å². The van der Waals surface area contributed by atoms with Crippen LogP contribution < -0.4 is 10.6 Å². The Hall–Kier alpha value is -2.49. The number of nitrogens with zero attached hydrogens (tertiary/aromatic N) is 5. The molecule has 0 aliphatic heterocycles. The van der Waals surface area contributed by atoms with Gasteiger partial charge in [0.25, 0.3) is 0 Å². The van der Waals surface area contributed by atoms with Crippen LogP contribution in [-0.4, -0.2) is 32.3 Å². The summed E-state index contributed by atoms with van der Waals surface area (Å²) in [5, 5.41) is 14.7. The molecule has 0 aliphatic rings. The lowest BCUT2D eigenvalue weighted by Gasteiger charge is -2.12. The van der Waals surface area contributed by atoms with Crippen LogP contribution in [0.1, 0.15) is 18.4 Å². The maximum Gasteiger partial charge on any atom is 0.192 e. The van der Waals surface area contributed by atoms with E-state index < -0.39 is 0 Å². The van der Waals surface area contributed by atoms with Gasteiger partial charge in [-0.3, -0.25) is 9.55 Å². The molecular formula is C18H22IN7. The summed E-state index contributed by atoms with van der Waals surface area (Å²) < 4.78 is 1.95. The summed E-state index contributed by atoms with van der Waals surface area (Å²) in [6.07, 6.45) is 3.48. The summed E-state index contributed by atoms with van der Waals surface area (Å²) in [6.45, 7) is 3.84. The number of aliphatic imine (C=N–C) groups is 1. The Bertz CT molecular complexity index is 803. The highest BCUT2D eigenvalue weighted by Gasteiger charge is 2.07. The van der Waals surface area contributed by atoms with Gasteiger partial charge in [0.2, 0.25) is 0 Å². The van der Waals surface area contributed by atoms with E-state index in [-0.39, 0.29) is 24.0 Å². The third kappa shape index (κ3) is 5.51. The summed E-state index contributed by atoms with van der Waals surface area (Å²) in [5.74, 6) is 1.53. The molecule has 0 unspecified atom stereocenters. The van der Waals surface area contributed by atoms with Crippen LogP contribution in [-0.2, 0) is 13.1 Å². The summed E-state index contributed by atoms with van der Waals surface area (Å²) in [7, 11) is 0. The lowest BCUT2D eigenvalue weighted by atomic mass is 10.3. The summed E-state index contributed by atoms with van der Waals surface area (Å²) in [4.78, 5) is 8.85. The van der Waals surface area contributed by atoms with Crippen molar-refractivity contribution in [3.8, 4) is 5.69 Å². The van der Waals surface area contributed by atoms with Crippen LogP contribution in [0, 0.1) is 0 Å². The molecule has 0 atom stereocenters. The summed E-state index contributed by atoms with van der Waals surface area (Å²) in [6, 6.07) is 15.8.